The van der Waals surface area contributed by atoms with Crippen LogP contribution in [0.15, 0.2) is 23.2 Å². The van der Waals surface area contributed by atoms with Gasteiger partial charge in [0.05, 0.1) is 12.3 Å². The van der Waals surface area contributed by atoms with E-state index >= 15 is 0 Å². The number of hydrogen-bond donors (Lipinski definition) is 1. The van der Waals surface area contributed by atoms with Crippen molar-refractivity contribution in [2.45, 2.75) is 24.3 Å². The fourth-order valence-electron chi connectivity index (χ4n) is 1.83. The van der Waals surface area contributed by atoms with Crippen molar-refractivity contribution in [1.29, 1.82) is 0 Å². The predicted molar refractivity (Wildman–Crippen MR) is 75.5 cm³/mol. The summed E-state index contributed by atoms with van der Waals surface area (Å²) < 4.78 is 31.6. The van der Waals surface area contributed by atoms with E-state index in [0.29, 0.717) is 24.8 Å². The molecule has 1 saturated carbocycles. The average molecular weight is 299 g/mol. The van der Waals surface area contributed by atoms with E-state index in [-0.39, 0.29) is 11.4 Å². The highest BCUT2D eigenvalue weighted by Crippen LogP contribution is 2.28. The van der Waals surface area contributed by atoms with Gasteiger partial charge in [-0.3, -0.25) is 4.98 Å². The smallest absolute Gasteiger partial charge is 0.244 e. The molecule has 112 valence electrons. The summed E-state index contributed by atoms with van der Waals surface area (Å²) in [5.41, 5.74) is 5.93. The Morgan fingerprint density at radius 2 is 2.25 bits per heavy atom. The Morgan fingerprint density at radius 3 is 2.90 bits per heavy atom. The molecule has 1 aromatic rings. The second-order valence-corrected chi connectivity index (χ2v) is 7.01. The molecule has 0 radical (unpaired) electrons. The van der Waals surface area contributed by atoms with Gasteiger partial charge in [-0.2, -0.15) is 4.31 Å². The molecule has 0 aromatic carbocycles. The number of sulfonamides is 1. The first-order valence-electron chi connectivity index (χ1n) is 6.73. The lowest BCUT2D eigenvalue weighted by Gasteiger charge is -2.18. The highest BCUT2D eigenvalue weighted by atomic mass is 32.2. The lowest BCUT2D eigenvalue weighted by atomic mass is 10.3. The van der Waals surface area contributed by atoms with Crippen LogP contribution in [0.2, 0.25) is 0 Å². The third kappa shape index (κ3) is 3.76. The van der Waals surface area contributed by atoms with Gasteiger partial charge in [0.1, 0.15) is 4.90 Å². The molecule has 0 bridgehead atoms. The summed E-state index contributed by atoms with van der Waals surface area (Å²) in [6.45, 7) is 1.56. The summed E-state index contributed by atoms with van der Waals surface area (Å²) >= 11 is 0. The molecule has 1 aliphatic carbocycles. The fourth-order valence-corrected chi connectivity index (χ4v) is 3.16. The Labute approximate surface area is 120 Å². The summed E-state index contributed by atoms with van der Waals surface area (Å²) in [5.74, 6) is 0.680. The zero-order valence-corrected chi connectivity index (χ0v) is 12.5. The lowest BCUT2D eigenvalue weighted by Crippen LogP contribution is -2.31. The van der Waals surface area contributed by atoms with Gasteiger partial charge in [-0.05, 0) is 30.9 Å². The molecule has 1 fully saturated rings. The molecule has 2 rings (SSSR count). The third-order valence-electron chi connectivity index (χ3n) is 3.33. The molecule has 1 aliphatic rings. The molecule has 1 aromatic heterocycles. The van der Waals surface area contributed by atoms with Crippen LogP contribution < -0.4 is 5.73 Å². The lowest BCUT2D eigenvalue weighted by molar-refractivity contribution is 0.117. The number of likely N-dealkylation sites (N-methyl/N-ethyl adjacent to an activating group) is 1. The summed E-state index contributed by atoms with van der Waals surface area (Å²) in [5, 5.41) is 0. The van der Waals surface area contributed by atoms with Gasteiger partial charge in [0, 0.05) is 32.9 Å². The Bertz CT molecular complexity index is 544. The van der Waals surface area contributed by atoms with E-state index in [1.807, 2.05) is 0 Å². The Kier molecular flexibility index (Phi) is 5.09. The second kappa shape index (κ2) is 6.62. The van der Waals surface area contributed by atoms with Gasteiger partial charge in [0.15, 0.2) is 0 Å². The van der Waals surface area contributed by atoms with E-state index in [2.05, 4.69) is 4.98 Å². The normalized spacial score (nSPS) is 15.8. The molecule has 20 heavy (non-hydrogen) atoms. The standard InChI is InChI=1S/C13H21N3O3S/c1-16(7-8-19-10-11-4-5-11)20(17,18)13-3-2-6-15-12(13)9-14/h2-3,6,11H,4-5,7-10,14H2,1H3. The van der Waals surface area contributed by atoms with Crippen molar-refractivity contribution in [3.63, 3.8) is 0 Å². The first kappa shape index (κ1) is 15.4. The van der Waals surface area contributed by atoms with Crippen LogP contribution in [-0.4, -0.2) is 44.5 Å². The molecular weight excluding hydrogens is 278 g/mol. The van der Waals surface area contributed by atoms with Gasteiger partial charge in [-0.1, -0.05) is 0 Å². The van der Waals surface area contributed by atoms with E-state index in [1.54, 1.807) is 19.3 Å². The molecule has 6 nitrogen and oxygen atoms in total. The van der Waals surface area contributed by atoms with Crippen molar-refractivity contribution >= 4 is 10.0 Å². The number of rotatable bonds is 8. The first-order chi connectivity index (χ1) is 9.55. The molecule has 0 saturated heterocycles. The van der Waals surface area contributed by atoms with Crippen LogP contribution in [0.1, 0.15) is 18.5 Å². The van der Waals surface area contributed by atoms with Crippen molar-refractivity contribution in [2.75, 3.05) is 26.8 Å². The number of nitrogens with two attached hydrogens (primary N) is 1. The van der Waals surface area contributed by atoms with Crippen molar-refractivity contribution in [1.82, 2.24) is 9.29 Å². The van der Waals surface area contributed by atoms with Gasteiger partial charge >= 0.3 is 0 Å². The molecule has 0 amide bonds. The third-order valence-corrected chi connectivity index (χ3v) is 5.26. The van der Waals surface area contributed by atoms with Crippen LogP contribution in [0.5, 0.6) is 0 Å². The maximum atomic E-state index is 12.4. The van der Waals surface area contributed by atoms with Crippen molar-refractivity contribution in [3.05, 3.63) is 24.0 Å². The zero-order chi connectivity index (χ0) is 14.6. The highest BCUT2D eigenvalue weighted by molar-refractivity contribution is 7.89. The minimum absolute atomic E-state index is 0.0986. The molecule has 0 atom stereocenters. The monoisotopic (exact) mass is 299 g/mol. The quantitative estimate of drug-likeness (QED) is 0.710. The van der Waals surface area contributed by atoms with E-state index in [1.165, 1.54) is 23.2 Å². The number of hydrogen-bond acceptors (Lipinski definition) is 5. The number of nitrogens with zero attached hydrogens (tertiary/aromatic N) is 2. The van der Waals surface area contributed by atoms with Crippen molar-refractivity contribution in [2.24, 2.45) is 11.7 Å². The molecule has 7 heteroatoms. The molecule has 0 spiro atoms. The van der Waals surface area contributed by atoms with E-state index in [4.69, 9.17) is 10.5 Å². The van der Waals surface area contributed by atoms with Crippen LogP contribution in [0, 0.1) is 5.92 Å². The predicted octanol–water partition coefficient (Wildman–Crippen LogP) is 0.587. The summed E-state index contributed by atoms with van der Waals surface area (Å²) in [7, 11) is -2.01. The van der Waals surface area contributed by atoms with Crippen LogP contribution in [-0.2, 0) is 21.3 Å². The van der Waals surface area contributed by atoms with E-state index in [9.17, 15) is 8.42 Å². The maximum Gasteiger partial charge on any atom is 0.244 e. The minimum atomic E-state index is -3.56. The number of ether oxygens (including phenoxy) is 1. The van der Waals surface area contributed by atoms with Gasteiger partial charge in [-0.25, -0.2) is 8.42 Å². The van der Waals surface area contributed by atoms with Crippen LogP contribution in [0.25, 0.3) is 0 Å². The van der Waals surface area contributed by atoms with E-state index < -0.39 is 10.0 Å². The van der Waals surface area contributed by atoms with Crippen molar-refractivity contribution in [3.8, 4) is 0 Å². The van der Waals surface area contributed by atoms with Crippen LogP contribution >= 0.6 is 0 Å². The molecule has 1 heterocycles. The number of pyridine rings is 1. The molecule has 0 unspecified atom stereocenters. The van der Waals surface area contributed by atoms with Gasteiger partial charge in [0.25, 0.3) is 0 Å². The van der Waals surface area contributed by atoms with Crippen LogP contribution in [0.4, 0.5) is 0 Å². The molecule has 2 N–H and O–H groups in total. The summed E-state index contributed by atoms with van der Waals surface area (Å²) in [4.78, 5) is 4.19. The summed E-state index contributed by atoms with van der Waals surface area (Å²) in [6.07, 6.45) is 3.99. The van der Waals surface area contributed by atoms with Gasteiger partial charge < -0.3 is 10.5 Å². The largest absolute Gasteiger partial charge is 0.380 e. The average Bonchev–Trinajstić information content (AvgIpc) is 3.27. The Hall–Kier alpha value is -1.02. The molecule has 0 aliphatic heterocycles. The van der Waals surface area contributed by atoms with E-state index in [0.717, 1.165) is 6.61 Å². The van der Waals surface area contributed by atoms with Gasteiger partial charge in [-0.15, -0.1) is 0 Å². The van der Waals surface area contributed by atoms with Gasteiger partial charge in [0.2, 0.25) is 10.0 Å². The first-order valence-corrected chi connectivity index (χ1v) is 8.17. The topological polar surface area (TPSA) is 85.5 Å². The Morgan fingerprint density at radius 1 is 1.50 bits per heavy atom. The maximum absolute atomic E-state index is 12.4. The second-order valence-electron chi connectivity index (χ2n) is 5.00. The Balaban J connectivity index is 1.96. The SMILES string of the molecule is CN(CCOCC1CC1)S(=O)(=O)c1cccnc1CN. The van der Waals surface area contributed by atoms with Crippen LogP contribution in [0.3, 0.4) is 0 Å². The van der Waals surface area contributed by atoms with Crippen molar-refractivity contribution < 1.29 is 13.2 Å². The molecular formula is C13H21N3O3S. The number of aromatic nitrogens is 1. The summed E-state index contributed by atoms with van der Waals surface area (Å²) in [6, 6.07) is 3.13. The highest BCUT2D eigenvalue weighted by Gasteiger charge is 2.24. The zero-order valence-electron chi connectivity index (χ0n) is 11.7. The fraction of sp³-hybridized carbons (Fsp3) is 0.615. The minimum Gasteiger partial charge on any atom is -0.380 e.